The van der Waals surface area contributed by atoms with Crippen LogP contribution in [0.15, 0.2) is 0 Å². The number of sulfone groups is 1. The van der Waals surface area contributed by atoms with Crippen molar-refractivity contribution in [2.24, 2.45) is 0 Å². The van der Waals surface area contributed by atoms with Crippen molar-refractivity contribution in [1.82, 2.24) is 10.2 Å². The van der Waals surface area contributed by atoms with Crippen molar-refractivity contribution in [1.29, 1.82) is 0 Å². The summed E-state index contributed by atoms with van der Waals surface area (Å²) in [5.41, 5.74) is -0.518. The molecule has 0 saturated carbocycles. The monoisotopic (exact) mass is 248 g/mol. The van der Waals surface area contributed by atoms with Crippen molar-refractivity contribution in [3.63, 3.8) is 0 Å². The SMILES string of the molecule is CCC1(C)NCN(CCS(=O)(=O)CC)C1=O. The van der Waals surface area contributed by atoms with E-state index < -0.39 is 15.4 Å². The van der Waals surface area contributed by atoms with Gasteiger partial charge in [-0.3, -0.25) is 10.1 Å². The molecule has 1 saturated heterocycles. The first kappa shape index (κ1) is 13.4. The van der Waals surface area contributed by atoms with Crippen LogP contribution < -0.4 is 5.32 Å². The molecule has 1 amide bonds. The molecule has 5 nitrogen and oxygen atoms in total. The maximum Gasteiger partial charge on any atom is 0.243 e. The van der Waals surface area contributed by atoms with Crippen LogP contribution in [0.3, 0.4) is 0 Å². The lowest BCUT2D eigenvalue weighted by atomic mass is 10.00. The summed E-state index contributed by atoms with van der Waals surface area (Å²) in [5, 5.41) is 3.12. The molecule has 6 heteroatoms. The second-order valence-corrected chi connectivity index (χ2v) is 6.80. The predicted octanol–water partition coefficient (Wildman–Crippen LogP) is -0.0209. The Bertz CT molecular complexity index is 366. The minimum atomic E-state index is -3.00. The molecular formula is C10H20N2O3S. The number of hydrogen-bond acceptors (Lipinski definition) is 4. The van der Waals surface area contributed by atoms with Crippen LogP contribution in [-0.4, -0.2) is 49.5 Å². The quantitative estimate of drug-likeness (QED) is 0.742. The molecule has 0 radical (unpaired) electrons. The molecule has 0 aromatic heterocycles. The van der Waals surface area contributed by atoms with Crippen molar-refractivity contribution < 1.29 is 13.2 Å². The zero-order valence-corrected chi connectivity index (χ0v) is 10.9. The highest BCUT2D eigenvalue weighted by Gasteiger charge is 2.40. The second-order valence-electron chi connectivity index (χ2n) is 4.33. The van der Waals surface area contributed by atoms with Gasteiger partial charge in [0.25, 0.3) is 0 Å². The van der Waals surface area contributed by atoms with Crippen LogP contribution in [0.2, 0.25) is 0 Å². The first-order valence-corrected chi connectivity index (χ1v) is 7.41. The van der Waals surface area contributed by atoms with E-state index in [1.165, 1.54) is 0 Å². The van der Waals surface area contributed by atoms with Gasteiger partial charge in [-0.15, -0.1) is 0 Å². The van der Waals surface area contributed by atoms with Gasteiger partial charge in [0.15, 0.2) is 9.84 Å². The Labute approximate surface area is 97.1 Å². The lowest BCUT2D eigenvalue weighted by molar-refractivity contribution is -0.131. The van der Waals surface area contributed by atoms with Crippen molar-refractivity contribution in [3.05, 3.63) is 0 Å². The third-order valence-corrected chi connectivity index (χ3v) is 4.92. The van der Waals surface area contributed by atoms with Gasteiger partial charge < -0.3 is 4.90 Å². The van der Waals surface area contributed by atoms with Gasteiger partial charge in [-0.2, -0.15) is 0 Å². The third-order valence-electron chi connectivity index (χ3n) is 3.24. The Hall–Kier alpha value is -0.620. The van der Waals surface area contributed by atoms with E-state index in [9.17, 15) is 13.2 Å². The van der Waals surface area contributed by atoms with E-state index in [1.54, 1.807) is 11.8 Å². The Kier molecular flexibility index (Phi) is 3.96. The average molecular weight is 248 g/mol. The Balaban J connectivity index is 2.57. The lowest BCUT2D eigenvalue weighted by Crippen LogP contribution is -2.43. The van der Waals surface area contributed by atoms with Crippen molar-refractivity contribution in [3.8, 4) is 0 Å². The van der Waals surface area contributed by atoms with Crippen LogP contribution in [0.4, 0.5) is 0 Å². The zero-order valence-electron chi connectivity index (χ0n) is 10.1. The van der Waals surface area contributed by atoms with E-state index in [4.69, 9.17) is 0 Å². The molecule has 1 aliphatic heterocycles. The molecule has 0 bridgehead atoms. The molecule has 1 rings (SSSR count). The number of nitrogens with zero attached hydrogens (tertiary/aromatic N) is 1. The van der Waals surface area contributed by atoms with Crippen LogP contribution >= 0.6 is 0 Å². The summed E-state index contributed by atoms with van der Waals surface area (Å²) >= 11 is 0. The molecular weight excluding hydrogens is 228 g/mol. The van der Waals surface area contributed by atoms with E-state index in [1.807, 2.05) is 13.8 Å². The van der Waals surface area contributed by atoms with Gasteiger partial charge in [0.1, 0.15) is 0 Å². The van der Waals surface area contributed by atoms with E-state index in [-0.39, 0.29) is 24.0 Å². The third kappa shape index (κ3) is 2.74. The molecule has 16 heavy (non-hydrogen) atoms. The predicted molar refractivity (Wildman–Crippen MR) is 62.7 cm³/mol. The van der Waals surface area contributed by atoms with E-state index in [0.717, 1.165) is 0 Å². The highest BCUT2D eigenvalue weighted by Crippen LogP contribution is 2.18. The Morgan fingerprint density at radius 2 is 2.06 bits per heavy atom. The van der Waals surface area contributed by atoms with E-state index in [2.05, 4.69) is 5.32 Å². The summed E-state index contributed by atoms with van der Waals surface area (Å²) in [4.78, 5) is 13.5. The first-order valence-electron chi connectivity index (χ1n) is 5.59. The van der Waals surface area contributed by atoms with Gasteiger partial charge >= 0.3 is 0 Å². The van der Waals surface area contributed by atoms with Gasteiger partial charge in [0.05, 0.1) is 18.0 Å². The van der Waals surface area contributed by atoms with Gasteiger partial charge in [-0.1, -0.05) is 13.8 Å². The summed E-state index contributed by atoms with van der Waals surface area (Å²) < 4.78 is 22.7. The topological polar surface area (TPSA) is 66.5 Å². The molecule has 1 unspecified atom stereocenters. The molecule has 1 N–H and O–H groups in total. The van der Waals surface area contributed by atoms with Gasteiger partial charge in [0, 0.05) is 12.3 Å². The molecule has 0 spiro atoms. The molecule has 1 atom stereocenters. The number of carbonyl (C=O) groups is 1. The minimum Gasteiger partial charge on any atom is -0.327 e. The van der Waals surface area contributed by atoms with Crippen molar-refractivity contribution >= 4 is 15.7 Å². The normalized spacial score (nSPS) is 26.4. The van der Waals surface area contributed by atoms with Gasteiger partial charge in [0.2, 0.25) is 5.91 Å². The van der Waals surface area contributed by atoms with Gasteiger partial charge in [-0.05, 0) is 13.3 Å². The maximum absolute atomic E-state index is 11.9. The number of amides is 1. The van der Waals surface area contributed by atoms with Crippen LogP contribution in [0.1, 0.15) is 27.2 Å². The minimum absolute atomic E-state index is 0.00121. The second kappa shape index (κ2) is 4.71. The summed E-state index contributed by atoms with van der Waals surface area (Å²) in [6, 6.07) is 0. The molecule has 0 aromatic rings. The summed E-state index contributed by atoms with van der Waals surface area (Å²) in [7, 11) is -3.00. The van der Waals surface area contributed by atoms with Crippen molar-refractivity contribution in [2.45, 2.75) is 32.7 Å². The molecule has 0 aliphatic carbocycles. The standard InChI is InChI=1S/C10H20N2O3S/c1-4-10(3)9(13)12(8-11-10)6-7-16(14,15)5-2/h11H,4-8H2,1-3H3. The summed E-state index contributed by atoms with van der Waals surface area (Å²) in [6.45, 7) is 6.15. The fraction of sp³-hybridized carbons (Fsp3) is 0.900. The number of rotatable bonds is 5. The fourth-order valence-electron chi connectivity index (χ4n) is 1.62. The van der Waals surface area contributed by atoms with Crippen LogP contribution in [0.5, 0.6) is 0 Å². The number of carbonyl (C=O) groups excluding carboxylic acids is 1. The fourth-order valence-corrected chi connectivity index (χ4v) is 2.40. The smallest absolute Gasteiger partial charge is 0.243 e. The Morgan fingerprint density at radius 3 is 2.50 bits per heavy atom. The summed E-state index contributed by atoms with van der Waals surface area (Å²) in [5.74, 6) is 0.186. The highest BCUT2D eigenvalue weighted by atomic mass is 32.2. The van der Waals surface area contributed by atoms with Crippen molar-refractivity contribution in [2.75, 3.05) is 24.7 Å². The van der Waals surface area contributed by atoms with Crippen LogP contribution in [0.25, 0.3) is 0 Å². The molecule has 0 aromatic carbocycles. The van der Waals surface area contributed by atoms with Crippen LogP contribution in [0, 0.1) is 0 Å². The van der Waals surface area contributed by atoms with Crippen LogP contribution in [-0.2, 0) is 14.6 Å². The molecule has 1 aliphatic rings. The average Bonchev–Trinajstić information content (AvgIpc) is 2.55. The highest BCUT2D eigenvalue weighted by molar-refractivity contribution is 7.91. The number of hydrogen-bond donors (Lipinski definition) is 1. The largest absolute Gasteiger partial charge is 0.327 e. The van der Waals surface area contributed by atoms with Gasteiger partial charge in [-0.25, -0.2) is 8.42 Å². The number of nitrogens with one attached hydrogen (secondary N) is 1. The molecule has 1 fully saturated rings. The molecule has 1 heterocycles. The maximum atomic E-state index is 11.9. The first-order chi connectivity index (χ1) is 7.34. The molecule has 94 valence electrons. The van der Waals surface area contributed by atoms with E-state index >= 15 is 0 Å². The summed E-state index contributed by atoms with van der Waals surface area (Å²) in [6.07, 6.45) is 0.711. The zero-order chi connectivity index (χ0) is 12.4. The van der Waals surface area contributed by atoms with E-state index in [0.29, 0.717) is 13.1 Å². The Morgan fingerprint density at radius 1 is 1.44 bits per heavy atom. The lowest BCUT2D eigenvalue weighted by Gasteiger charge is -2.20.